The van der Waals surface area contributed by atoms with Crippen molar-refractivity contribution >= 4 is 5.97 Å². The van der Waals surface area contributed by atoms with Gasteiger partial charge < -0.3 is 19.5 Å². The molecule has 0 aromatic rings. The number of esters is 1. The van der Waals surface area contributed by atoms with Gasteiger partial charge in [-0.05, 0) is 32.9 Å². The zero-order valence-electron chi connectivity index (χ0n) is 11.1. The molecule has 0 atom stereocenters. The summed E-state index contributed by atoms with van der Waals surface area (Å²) in [7, 11) is 0. The standard InChI is InChI=1S/C13H23NO4/c1-11(2)13(15)18-10-8-16-7-9-17-12-3-5-14-6-4-12/h12,14H,1,3-10H2,2H3. The summed E-state index contributed by atoms with van der Waals surface area (Å²) < 4.78 is 15.9. The Hall–Kier alpha value is -0.910. The van der Waals surface area contributed by atoms with Gasteiger partial charge in [-0.15, -0.1) is 0 Å². The predicted octanol–water partition coefficient (Wildman–Crippen LogP) is 0.891. The summed E-state index contributed by atoms with van der Waals surface area (Å²) in [6.45, 7) is 8.97. The van der Waals surface area contributed by atoms with Crippen molar-refractivity contribution in [2.75, 3.05) is 39.5 Å². The molecule has 1 saturated heterocycles. The third-order valence-electron chi connectivity index (χ3n) is 2.68. The molecule has 0 bridgehead atoms. The van der Waals surface area contributed by atoms with Crippen molar-refractivity contribution in [3.8, 4) is 0 Å². The summed E-state index contributed by atoms with van der Waals surface area (Å²) in [5.41, 5.74) is 0.407. The van der Waals surface area contributed by atoms with E-state index in [-0.39, 0.29) is 12.6 Å². The van der Waals surface area contributed by atoms with Gasteiger partial charge in [0.15, 0.2) is 0 Å². The van der Waals surface area contributed by atoms with Crippen molar-refractivity contribution in [3.63, 3.8) is 0 Å². The first-order valence-corrected chi connectivity index (χ1v) is 6.43. The highest BCUT2D eigenvalue weighted by Crippen LogP contribution is 2.06. The number of carbonyl (C=O) groups is 1. The van der Waals surface area contributed by atoms with Gasteiger partial charge in [-0.25, -0.2) is 4.79 Å². The largest absolute Gasteiger partial charge is 0.460 e. The normalized spacial score (nSPS) is 16.5. The third kappa shape index (κ3) is 6.74. The summed E-state index contributed by atoms with van der Waals surface area (Å²) in [4.78, 5) is 11.0. The van der Waals surface area contributed by atoms with Crippen LogP contribution in [0.4, 0.5) is 0 Å². The first kappa shape index (κ1) is 15.1. The average molecular weight is 257 g/mol. The molecule has 0 amide bonds. The highest BCUT2D eigenvalue weighted by atomic mass is 16.6. The molecule has 18 heavy (non-hydrogen) atoms. The predicted molar refractivity (Wildman–Crippen MR) is 68.4 cm³/mol. The Kier molecular flexibility index (Phi) is 7.64. The Morgan fingerprint density at radius 1 is 1.22 bits per heavy atom. The van der Waals surface area contributed by atoms with Crippen LogP contribution in [0.25, 0.3) is 0 Å². The molecule has 0 unspecified atom stereocenters. The maximum Gasteiger partial charge on any atom is 0.333 e. The summed E-state index contributed by atoms with van der Waals surface area (Å²) in [6.07, 6.45) is 2.49. The van der Waals surface area contributed by atoms with Crippen LogP contribution >= 0.6 is 0 Å². The third-order valence-corrected chi connectivity index (χ3v) is 2.68. The van der Waals surface area contributed by atoms with E-state index in [1.54, 1.807) is 6.92 Å². The Balaban J connectivity index is 1.86. The first-order valence-electron chi connectivity index (χ1n) is 6.43. The molecule has 5 nitrogen and oxygen atoms in total. The zero-order valence-corrected chi connectivity index (χ0v) is 11.1. The van der Waals surface area contributed by atoms with Crippen molar-refractivity contribution in [2.24, 2.45) is 0 Å². The molecule has 0 saturated carbocycles. The molecule has 0 spiro atoms. The fraction of sp³-hybridized carbons (Fsp3) is 0.769. The van der Waals surface area contributed by atoms with Gasteiger partial charge in [0.05, 0.1) is 25.9 Å². The number of piperidine rings is 1. The van der Waals surface area contributed by atoms with E-state index in [1.165, 1.54) is 0 Å². The molecule has 5 heteroatoms. The molecular formula is C13H23NO4. The van der Waals surface area contributed by atoms with E-state index in [0.29, 0.717) is 31.5 Å². The highest BCUT2D eigenvalue weighted by molar-refractivity contribution is 5.86. The van der Waals surface area contributed by atoms with Gasteiger partial charge in [0.1, 0.15) is 6.61 Å². The van der Waals surface area contributed by atoms with Gasteiger partial charge in [-0.1, -0.05) is 6.58 Å². The molecular weight excluding hydrogens is 234 g/mol. The van der Waals surface area contributed by atoms with Crippen LogP contribution in [-0.4, -0.2) is 51.6 Å². The van der Waals surface area contributed by atoms with Crippen LogP contribution in [0.2, 0.25) is 0 Å². The van der Waals surface area contributed by atoms with E-state index in [0.717, 1.165) is 25.9 Å². The van der Waals surface area contributed by atoms with Crippen LogP contribution in [0.15, 0.2) is 12.2 Å². The highest BCUT2D eigenvalue weighted by Gasteiger charge is 2.12. The maximum absolute atomic E-state index is 11.0. The molecule has 1 fully saturated rings. The Bertz CT molecular complexity index is 262. The number of hydrogen-bond acceptors (Lipinski definition) is 5. The van der Waals surface area contributed by atoms with E-state index in [4.69, 9.17) is 14.2 Å². The first-order chi connectivity index (χ1) is 8.70. The van der Waals surface area contributed by atoms with Crippen molar-refractivity contribution in [1.29, 1.82) is 0 Å². The SMILES string of the molecule is C=C(C)C(=O)OCCOCCOC1CCNCC1. The molecule has 1 N–H and O–H groups in total. The van der Waals surface area contributed by atoms with Crippen LogP contribution < -0.4 is 5.32 Å². The average Bonchev–Trinajstić information content (AvgIpc) is 2.38. The molecule has 1 rings (SSSR count). The molecule has 1 heterocycles. The van der Waals surface area contributed by atoms with Crippen LogP contribution in [0, 0.1) is 0 Å². The number of rotatable bonds is 8. The number of ether oxygens (including phenoxy) is 3. The minimum atomic E-state index is -0.371. The molecule has 104 valence electrons. The van der Waals surface area contributed by atoms with Gasteiger partial charge in [0.25, 0.3) is 0 Å². The topological polar surface area (TPSA) is 56.8 Å². The molecule has 0 radical (unpaired) electrons. The van der Waals surface area contributed by atoms with Crippen molar-refractivity contribution in [3.05, 3.63) is 12.2 Å². The molecule has 0 aliphatic carbocycles. The lowest BCUT2D eigenvalue weighted by molar-refractivity contribution is -0.140. The molecule has 0 aromatic carbocycles. The van der Waals surface area contributed by atoms with Crippen LogP contribution in [0.5, 0.6) is 0 Å². The van der Waals surface area contributed by atoms with E-state index in [2.05, 4.69) is 11.9 Å². The van der Waals surface area contributed by atoms with E-state index < -0.39 is 0 Å². The second kappa shape index (κ2) is 9.08. The van der Waals surface area contributed by atoms with E-state index in [1.807, 2.05) is 0 Å². The van der Waals surface area contributed by atoms with Crippen LogP contribution in [-0.2, 0) is 19.0 Å². The Morgan fingerprint density at radius 2 is 1.89 bits per heavy atom. The van der Waals surface area contributed by atoms with E-state index >= 15 is 0 Å². The lowest BCUT2D eigenvalue weighted by atomic mass is 10.1. The van der Waals surface area contributed by atoms with Gasteiger partial charge in [0, 0.05) is 5.57 Å². The van der Waals surface area contributed by atoms with Gasteiger partial charge in [-0.2, -0.15) is 0 Å². The number of hydrogen-bond donors (Lipinski definition) is 1. The van der Waals surface area contributed by atoms with Crippen LogP contribution in [0.1, 0.15) is 19.8 Å². The summed E-state index contributed by atoms with van der Waals surface area (Å²) in [5.74, 6) is -0.371. The van der Waals surface area contributed by atoms with Gasteiger partial charge >= 0.3 is 5.97 Å². The van der Waals surface area contributed by atoms with Crippen molar-refractivity contribution in [2.45, 2.75) is 25.9 Å². The summed E-state index contributed by atoms with van der Waals surface area (Å²) >= 11 is 0. The maximum atomic E-state index is 11.0. The van der Waals surface area contributed by atoms with Gasteiger partial charge in [-0.3, -0.25) is 0 Å². The molecule has 0 aromatic heterocycles. The molecule has 1 aliphatic heterocycles. The quantitative estimate of drug-likeness (QED) is 0.397. The second-order valence-electron chi connectivity index (χ2n) is 4.35. The minimum absolute atomic E-state index is 0.263. The Morgan fingerprint density at radius 3 is 2.56 bits per heavy atom. The molecule has 1 aliphatic rings. The monoisotopic (exact) mass is 257 g/mol. The van der Waals surface area contributed by atoms with Gasteiger partial charge in [0.2, 0.25) is 0 Å². The van der Waals surface area contributed by atoms with E-state index in [9.17, 15) is 4.79 Å². The summed E-state index contributed by atoms with van der Waals surface area (Å²) in [5, 5.41) is 3.29. The van der Waals surface area contributed by atoms with Crippen LogP contribution in [0.3, 0.4) is 0 Å². The minimum Gasteiger partial charge on any atom is -0.460 e. The zero-order chi connectivity index (χ0) is 13.2. The number of carbonyl (C=O) groups excluding carboxylic acids is 1. The lowest BCUT2D eigenvalue weighted by Gasteiger charge is -2.22. The Labute approximate surface area is 108 Å². The summed E-state index contributed by atoms with van der Waals surface area (Å²) in [6, 6.07) is 0. The fourth-order valence-corrected chi connectivity index (χ4v) is 1.65. The van der Waals surface area contributed by atoms with Crippen molar-refractivity contribution in [1.82, 2.24) is 5.32 Å². The number of nitrogens with one attached hydrogen (secondary N) is 1. The fourth-order valence-electron chi connectivity index (χ4n) is 1.65. The lowest BCUT2D eigenvalue weighted by Crippen LogP contribution is -2.33. The second-order valence-corrected chi connectivity index (χ2v) is 4.35. The smallest absolute Gasteiger partial charge is 0.333 e. The van der Waals surface area contributed by atoms with Crippen molar-refractivity contribution < 1.29 is 19.0 Å².